The van der Waals surface area contributed by atoms with E-state index in [1.807, 2.05) is 0 Å². The van der Waals surface area contributed by atoms with E-state index in [1.165, 1.54) is 24.4 Å². The molecule has 1 amide bonds. The topological polar surface area (TPSA) is 57.8 Å². The Morgan fingerprint density at radius 2 is 2.11 bits per heavy atom. The maximum absolute atomic E-state index is 12.7. The summed E-state index contributed by atoms with van der Waals surface area (Å²) >= 11 is 0. The van der Waals surface area contributed by atoms with E-state index < -0.39 is 18.3 Å². The number of anilines is 1. The van der Waals surface area contributed by atoms with Gasteiger partial charge in [-0.2, -0.15) is 13.9 Å². The Balaban J connectivity index is 2.21. The zero-order valence-electron chi connectivity index (χ0n) is 8.75. The summed E-state index contributed by atoms with van der Waals surface area (Å²) < 4.78 is 49.3. The maximum Gasteiger partial charge on any atom is 0.383 e. The molecule has 0 spiro atoms. The monoisotopic (exact) mass is 261 g/mol. The molecule has 96 valence electrons. The van der Waals surface area contributed by atoms with Crippen LogP contribution in [0.25, 0.3) is 10.9 Å². The van der Waals surface area contributed by atoms with Gasteiger partial charge >= 0.3 is 18.3 Å². The molecule has 0 aliphatic rings. The van der Waals surface area contributed by atoms with Crippen molar-refractivity contribution in [3.8, 4) is 0 Å². The highest BCUT2D eigenvalue weighted by Crippen LogP contribution is 2.25. The fourth-order valence-electron chi connectivity index (χ4n) is 1.33. The molecule has 8 heteroatoms. The van der Waals surface area contributed by atoms with E-state index in [0.717, 1.165) is 0 Å². The zero-order chi connectivity index (χ0) is 13.3. The first-order valence-electron chi connectivity index (χ1n) is 4.82. The smallest absolute Gasteiger partial charge is 0.321 e. The molecule has 2 aromatic rings. The number of nitrogens with one attached hydrogen (secondary N) is 2. The highest BCUT2D eigenvalue weighted by atomic mass is 19.3. The van der Waals surface area contributed by atoms with Crippen molar-refractivity contribution in [2.45, 2.75) is 12.3 Å². The van der Waals surface area contributed by atoms with Crippen molar-refractivity contribution in [2.75, 3.05) is 5.32 Å². The van der Waals surface area contributed by atoms with Crippen LogP contribution in [0.15, 0.2) is 24.4 Å². The van der Waals surface area contributed by atoms with Gasteiger partial charge in [0.05, 0.1) is 11.7 Å². The van der Waals surface area contributed by atoms with Crippen LogP contribution in [0.1, 0.15) is 0 Å². The summed E-state index contributed by atoms with van der Waals surface area (Å²) in [5.41, 5.74) is 0.477. The zero-order valence-corrected chi connectivity index (χ0v) is 8.75. The summed E-state index contributed by atoms with van der Waals surface area (Å²) in [7, 11) is 0. The Morgan fingerprint density at radius 1 is 1.39 bits per heavy atom. The second-order valence-electron chi connectivity index (χ2n) is 3.55. The Labute approximate surface area is 98.0 Å². The van der Waals surface area contributed by atoms with Gasteiger partial charge in [0.25, 0.3) is 0 Å². The van der Waals surface area contributed by atoms with Crippen molar-refractivity contribution in [2.24, 2.45) is 0 Å². The van der Waals surface area contributed by atoms with Crippen LogP contribution in [-0.4, -0.2) is 28.5 Å². The molecule has 2 rings (SSSR count). The fourth-order valence-corrected chi connectivity index (χ4v) is 1.33. The van der Waals surface area contributed by atoms with Crippen LogP contribution in [0.2, 0.25) is 0 Å². The van der Waals surface area contributed by atoms with Crippen LogP contribution in [-0.2, 0) is 4.79 Å². The molecule has 0 unspecified atom stereocenters. The SMILES string of the molecule is O=C(Nc1ccc2cn[nH]c2c1)C(F)(F)C(F)F. The van der Waals surface area contributed by atoms with Gasteiger partial charge in [0.1, 0.15) is 0 Å². The number of H-pyrrole nitrogens is 1. The molecule has 0 fully saturated rings. The molecule has 0 bridgehead atoms. The van der Waals surface area contributed by atoms with Gasteiger partial charge in [-0.15, -0.1) is 0 Å². The lowest BCUT2D eigenvalue weighted by molar-refractivity contribution is -0.163. The molecule has 18 heavy (non-hydrogen) atoms. The lowest BCUT2D eigenvalue weighted by Crippen LogP contribution is -2.40. The van der Waals surface area contributed by atoms with Crippen molar-refractivity contribution in [1.82, 2.24) is 10.2 Å². The summed E-state index contributed by atoms with van der Waals surface area (Å²) in [6.45, 7) is 0. The average Bonchev–Trinajstić information content (AvgIpc) is 2.75. The van der Waals surface area contributed by atoms with E-state index in [2.05, 4.69) is 10.2 Å². The molecule has 0 saturated carbocycles. The lowest BCUT2D eigenvalue weighted by Gasteiger charge is -2.14. The number of hydrogen-bond donors (Lipinski definition) is 2. The molecule has 0 aliphatic carbocycles. The third-order valence-electron chi connectivity index (χ3n) is 2.28. The highest BCUT2D eigenvalue weighted by molar-refractivity contribution is 5.97. The van der Waals surface area contributed by atoms with Gasteiger partial charge in [-0.1, -0.05) is 0 Å². The van der Waals surface area contributed by atoms with Gasteiger partial charge in [-0.3, -0.25) is 9.89 Å². The maximum atomic E-state index is 12.7. The third kappa shape index (κ3) is 2.13. The molecule has 1 aromatic carbocycles. The fraction of sp³-hybridized carbons (Fsp3) is 0.200. The Hall–Kier alpha value is -2.12. The Bertz CT molecular complexity index is 581. The van der Waals surface area contributed by atoms with Gasteiger partial charge in [0, 0.05) is 11.1 Å². The largest absolute Gasteiger partial charge is 0.383 e. The minimum atomic E-state index is -4.72. The number of alkyl halides is 4. The van der Waals surface area contributed by atoms with Crippen LogP contribution < -0.4 is 5.32 Å². The normalized spacial score (nSPS) is 12.1. The number of halogens is 4. The number of hydrogen-bond acceptors (Lipinski definition) is 2. The molecular weight excluding hydrogens is 254 g/mol. The summed E-state index contributed by atoms with van der Waals surface area (Å²) in [6, 6.07) is 4.15. The van der Waals surface area contributed by atoms with Crippen molar-refractivity contribution >= 4 is 22.5 Å². The van der Waals surface area contributed by atoms with Crippen molar-refractivity contribution in [1.29, 1.82) is 0 Å². The molecule has 4 nitrogen and oxygen atoms in total. The van der Waals surface area contributed by atoms with Gasteiger partial charge in [-0.25, -0.2) is 8.78 Å². The van der Waals surface area contributed by atoms with E-state index in [-0.39, 0.29) is 5.69 Å². The second-order valence-corrected chi connectivity index (χ2v) is 3.55. The molecule has 2 N–H and O–H groups in total. The Morgan fingerprint density at radius 3 is 2.78 bits per heavy atom. The van der Waals surface area contributed by atoms with E-state index in [4.69, 9.17) is 0 Å². The summed E-state index contributed by atoms with van der Waals surface area (Å²) in [6.07, 6.45) is -2.55. The minimum absolute atomic E-state index is 0.0166. The molecule has 0 saturated heterocycles. The highest BCUT2D eigenvalue weighted by Gasteiger charge is 2.48. The van der Waals surface area contributed by atoms with E-state index in [1.54, 1.807) is 5.32 Å². The predicted molar refractivity (Wildman–Crippen MR) is 55.7 cm³/mol. The molecule has 1 heterocycles. The van der Waals surface area contributed by atoms with Crippen LogP contribution in [0.5, 0.6) is 0 Å². The summed E-state index contributed by atoms with van der Waals surface area (Å²) in [5.74, 6) is -6.76. The number of carbonyl (C=O) groups excluding carboxylic acids is 1. The van der Waals surface area contributed by atoms with Crippen molar-refractivity contribution < 1.29 is 22.4 Å². The molecule has 0 radical (unpaired) electrons. The summed E-state index contributed by atoms with van der Waals surface area (Å²) in [4.78, 5) is 11.0. The standard InChI is InChI=1S/C10H7F4N3O/c11-8(12)10(13,14)9(18)16-6-2-1-5-4-15-17-7(5)3-6/h1-4,8H,(H,15,17)(H,16,18). The molecular formula is C10H7F4N3O. The van der Waals surface area contributed by atoms with E-state index >= 15 is 0 Å². The van der Waals surface area contributed by atoms with Gasteiger partial charge in [0.2, 0.25) is 0 Å². The van der Waals surface area contributed by atoms with Crippen LogP contribution in [0.3, 0.4) is 0 Å². The first-order chi connectivity index (χ1) is 8.41. The number of rotatable bonds is 3. The molecule has 0 aliphatic heterocycles. The van der Waals surface area contributed by atoms with Crippen molar-refractivity contribution in [3.05, 3.63) is 24.4 Å². The Kier molecular flexibility index (Phi) is 2.93. The molecule has 0 atom stereocenters. The van der Waals surface area contributed by atoms with Gasteiger partial charge in [0.15, 0.2) is 0 Å². The minimum Gasteiger partial charge on any atom is -0.321 e. The number of aromatic nitrogens is 2. The van der Waals surface area contributed by atoms with Crippen molar-refractivity contribution in [3.63, 3.8) is 0 Å². The van der Waals surface area contributed by atoms with E-state index in [0.29, 0.717) is 10.9 Å². The van der Waals surface area contributed by atoms with Gasteiger partial charge in [-0.05, 0) is 18.2 Å². The second kappa shape index (κ2) is 4.28. The number of nitrogens with zero attached hydrogens (tertiary/aromatic N) is 1. The lowest BCUT2D eigenvalue weighted by atomic mass is 10.2. The molecule has 1 aromatic heterocycles. The van der Waals surface area contributed by atoms with E-state index in [9.17, 15) is 22.4 Å². The predicted octanol–water partition coefficient (Wildman–Crippen LogP) is 2.40. The summed E-state index contributed by atoms with van der Waals surface area (Å²) in [5, 5.41) is 8.68. The number of fused-ring (bicyclic) bond motifs is 1. The first-order valence-corrected chi connectivity index (χ1v) is 4.82. The first kappa shape index (κ1) is 12.3. The van der Waals surface area contributed by atoms with Crippen LogP contribution >= 0.6 is 0 Å². The quantitative estimate of drug-likeness (QED) is 0.833. The van der Waals surface area contributed by atoms with Crippen LogP contribution in [0, 0.1) is 0 Å². The van der Waals surface area contributed by atoms with Crippen LogP contribution in [0.4, 0.5) is 23.2 Å². The number of carbonyl (C=O) groups is 1. The number of amides is 1. The average molecular weight is 261 g/mol. The number of aromatic amines is 1. The van der Waals surface area contributed by atoms with Gasteiger partial charge < -0.3 is 5.32 Å². The third-order valence-corrected chi connectivity index (χ3v) is 2.28. The number of benzene rings is 1.